The molecule has 1 atom stereocenters. The van der Waals surface area contributed by atoms with Crippen LogP contribution >= 0.6 is 23.2 Å². The summed E-state index contributed by atoms with van der Waals surface area (Å²) in [4.78, 5) is 11.5. The molecule has 0 saturated carbocycles. The molecule has 0 aromatic heterocycles. The number of nitrogens with zero attached hydrogens (tertiary/aromatic N) is 1. The summed E-state index contributed by atoms with van der Waals surface area (Å²) in [6.07, 6.45) is 0. The topological polar surface area (TPSA) is 50.1 Å². The second-order valence-electron chi connectivity index (χ2n) is 2.96. The van der Waals surface area contributed by atoms with Crippen molar-refractivity contribution < 1.29 is 9.53 Å². The van der Waals surface area contributed by atoms with Crippen LogP contribution in [-0.4, -0.2) is 42.1 Å². The SMILES string of the molecule is CCOC(=O)C(C#N)c1cccc(Cl)c1Cl.[NaH]. The van der Waals surface area contributed by atoms with Gasteiger partial charge in [-0.3, -0.25) is 4.79 Å². The normalized spacial score (nSPS) is 10.9. The van der Waals surface area contributed by atoms with Crippen molar-refractivity contribution in [2.75, 3.05) is 6.61 Å². The van der Waals surface area contributed by atoms with Gasteiger partial charge in [-0.1, -0.05) is 35.3 Å². The summed E-state index contributed by atoms with van der Waals surface area (Å²) in [5.74, 6) is -1.65. The number of hydrogen-bond acceptors (Lipinski definition) is 3. The van der Waals surface area contributed by atoms with Crippen LogP contribution in [0.4, 0.5) is 0 Å². The number of benzene rings is 1. The predicted molar refractivity (Wildman–Crippen MR) is 68.6 cm³/mol. The quantitative estimate of drug-likeness (QED) is 0.632. The average molecular weight is 282 g/mol. The molecule has 0 bridgehead atoms. The number of ether oxygens (including phenoxy) is 1. The van der Waals surface area contributed by atoms with Gasteiger partial charge in [0.2, 0.25) is 0 Å². The molecule has 17 heavy (non-hydrogen) atoms. The number of nitriles is 1. The van der Waals surface area contributed by atoms with Gasteiger partial charge in [0.1, 0.15) is 0 Å². The Morgan fingerprint density at radius 1 is 1.53 bits per heavy atom. The maximum absolute atomic E-state index is 11.5. The Labute approximate surface area is 132 Å². The van der Waals surface area contributed by atoms with Gasteiger partial charge in [-0.15, -0.1) is 0 Å². The van der Waals surface area contributed by atoms with Gasteiger partial charge in [-0.2, -0.15) is 5.26 Å². The Kier molecular flexibility index (Phi) is 7.85. The van der Waals surface area contributed by atoms with Crippen molar-refractivity contribution in [1.82, 2.24) is 0 Å². The van der Waals surface area contributed by atoms with Crippen LogP contribution in [0.5, 0.6) is 0 Å². The van der Waals surface area contributed by atoms with Crippen LogP contribution in [0.25, 0.3) is 0 Å². The molecular formula is C11H10Cl2NNaO2. The van der Waals surface area contributed by atoms with Crippen LogP contribution in [0.1, 0.15) is 18.4 Å². The molecule has 0 aliphatic rings. The summed E-state index contributed by atoms with van der Waals surface area (Å²) in [5.41, 5.74) is 0.370. The van der Waals surface area contributed by atoms with Crippen molar-refractivity contribution in [3.63, 3.8) is 0 Å². The molecule has 0 radical (unpaired) electrons. The Bertz CT molecular complexity index is 446. The molecule has 86 valence electrons. The molecule has 0 fully saturated rings. The zero-order valence-electron chi connectivity index (χ0n) is 8.54. The first-order chi connectivity index (χ1) is 7.61. The Balaban J connectivity index is 0.00000256. The number of rotatable bonds is 3. The summed E-state index contributed by atoms with van der Waals surface area (Å²) < 4.78 is 4.78. The molecule has 0 heterocycles. The Morgan fingerprint density at radius 3 is 2.71 bits per heavy atom. The van der Waals surface area contributed by atoms with E-state index < -0.39 is 11.9 Å². The fraction of sp³-hybridized carbons (Fsp3) is 0.273. The molecular weight excluding hydrogens is 272 g/mol. The van der Waals surface area contributed by atoms with Crippen molar-refractivity contribution >= 4 is 58.7 Å². The number of carbonyl (C=O) groups excluding carboxylic acids is 1. The van der Waals surface area contributed by atoms with Gasteiger partial charge in [0, 0.05) is 5.56 Å². The summed E-state index contributed by atoms with van der Waals surface area (Å²) >= 11 is 11.7. The van der Waals surface area contributed by atoms with E-state index in [-0.39, 0.29) is 41.2 Å². The molecule has 1 rings (SSSR count). The van der Waals surface area contributed by atoms with E-state index in [1.807, 2.05) is 6.07 Å². The first-order valence-corrected chi connectivity index (χ1v) is 5.37. The van der Waals surface area contributed by atoms with Gasteiger partial charge in [0.25, 0.3) is 0 Å². The van der Waals surface area contributed by atoms with Crippen molar-refractivity contribution in [2.24, 2.45) is 0 Å². The summed E-state index contributed by atoms with van der Waals surface area (Å²) in [5, 5.41) is 9.46. The average Bonchev–Trinajstić information content (AvgIpc) is 2.25. The third-order valence-electron chi connectivity index (χ3n) is 1.94. The molecule has 1 aromatic carbocycles. The van der Waals surface area contributed by atoms with Crippen molar-refractivity contribution in [3.05, 3.63) is 33.8 Å². The van der Waals surface area contributed by atoms with E-state index in [9.17, 15) is 4.79 Å². The molecule has 3 nitrogen and oxygen atoms in total. The molecule has 0 N–H and O–H groups in total. The van der Waals surface area contributed by atoms with Crippen LogP contribution < -0.4 is 0 Å². The van der Waals surface area contributed by atoms with Crippen LogP contribution in [0.2, 0.25) is 10.0 Å². The van der Waals surface area contributed by atoms with Gasteiger partial charge in [0.15, 0.2) is 5.92 Å². The third-order valence-corrected chi connectivity index (χ3v) is 2.78. The van der Waals surface area contributed by atoms with E-state index in [0.717, 1.165) is 0 Å². The summed E-state index contributed by atoms with van der Waals surface area (Å²) in [6, 6.07) is 6.66. The molecule has 1 unspecified atom stereocenters. The number of esters is 1. The van der Waals surface area contributed by atoms with Crippen molar-refractivity contribution in [2.45, 2.75) is 12.8 Å². The minimum atomic E-state index is -1.04. The van der Waals surface area contributed by atoms with Gasteiger partial charge in [-0.25, -0.2) is 0 Å². The maximum atomic E-state index is 11.5. The fourth-order valence-corrected chi connectivity index (χ4v) is 1.64. The standard InChI is InChI=1S/C11H9Cl2NO2.Na.H/c1-2-16-11(15)8(6-14)7-4-3-5-9(12)10(7)13;;/h3-5,8H,2H2,1H3;;. The molecule has 0 spiro atoms. The van der Waals surface area contributed by atoms with Crippen LogP contribution in [0, 0.1) is 11.3 Å². The monoisotopic (exact) mass is 281 g/mol. The van der Waals surface area contributed by atoms with Crippen LogP contribution in [-0.2, 0) is 9.53 Å². The predicted octanol–water partition coefficient (Wildman–Crippen LogP) is 2.52. The van der Waals surface area contributed by atoms with E-state index >= 15 is 0 Å². The fourth-order valence-electron chi connectivity index (χ4n) is 1.22. The summed E-state index contributed by atoms with van der Waals surface area (Å²) in [7, 11) is 0. The summed E-state index contributed by atoms with van der Waals surface area (Å²) in [6.45, 7) is 1.89. The zero-order chi connectivity index (χ0) is 12.1. The number of hydrogen-bond donors (Lipinski definition) is 0. The van der Waals surface area contributed by atoms with E-state index in [1.165, 1.54) is 0 Å². The molecule has 0 amide bonds. The van der Waals surface area contributed by atoms with Crippen LogP contribution in [0.15, 0.2) is 18.2 Å². The van der Waals surface area contributed by atoms with Gasteiger partial charge in [-0.05, 0) is 13.0 Å². The number of carbonyl (C=O) groups is 1. The zero-order valence-corrected chi connectivity index (χ0v) is 10.0. The van der Waals surface area contributed by atoms with Crippen molar-refractivity contribution in [3.8, 4) is 6.07 Å². The van der Waals surface area contributed by atoms with Gasteiger partial charge >= 0.3 is 35.5 Å². The molecule has 6 heteroatoms. The first-order valence-electron chi connectivity index (χ1n) is 4.62. The molecule has 0 saturated heterocycles. The second kappa shape index (κ2) is 7.97. The molecule has 0 aliphatic heterocycles. The minimum absolute atomic E-state index is 0. The number of halogens is 2. The Hall–Kier alpha value is -0.240. The van der Waals surface area contributed by atoms with E-state index in [4.69, 9.17) is 33.2 Å². The van der Waals surface area contributed by atoms with Gasteiger partial charge in [0.05, 0.1) is 22.7 Å². The van der Waals surface area contributed by atoms with E-state index in [1.54, 1.807) is 25.1 Å². The Morgan fingerprint density at radius 2 is 2.18 bits per heavy atom. The van der Waals surface area contributed by atoms with Crippen molar-refractivity contribution in [1.29, 1.82) is 5.26 Å². The molecule has 0 aliphatic carbocycles. The van der Waals surface area contributed by atoms with Crippen LogP contribution in [0.3, 0.4) is 0 Å². The van der Waals surface area contributed by atoms with Gasteiger partial charge < -0.3 is 4.74 Å². The first kappa shape index (κ1) is 16.8. The second-order valence-corrected chi connectivity index (χ2v) is 3.74. The third kappa shape index (κ3) is 4.17. The molecule has 1 aromatic rings. The van der Waals surface area contributed by atoms with E-state index in [2.05, 4.69) is 0 Å². The van der Waals surface area contributed by atoms with E-state index in [0.29, 0.717) is 10.6 Å².